The van der Waals surface area contributed by atoms with Crippen LogP contribution in [0.4, 0.5) is 5.95 Å². The molecular weight excluding hydrogens is 476 g/mol. The Labute approximate surface area is 155 Å². The Morgan fingerprint density at radius 3 is 2.73 bits per heavy atom. The molecule has 1 aromatic heterocycles. The van der Waals surface area contributed by atoms with Crippen LogP contribution in [0.15, 0.2) is 13.4 Å². The van der Waals surface area contributed by atoms with Crippen molar-refractivity contribution in [1.29, 1.82) is 0 Å². The van der Waals surface area contributed by atoms with Gasteiger partial charge in [-0.25, -0.2) is 4.98 Å². The van der Waals surface area contributed by atoms with Gasteiger partial charge in [-0.1, -0.05) is 0 Å². The van der Waals surface area contributed by atoms with E-state index in [1.807, 2.05) is 0 Å². The van der Waals surface area contributed by atoms with Gasteiger partial charge in [-0.15, -0.1) is 0 Å². The van der Waals surface area contributed by atoms with Gasteiger partial charge in [0.2, 0.25) is 5.95 Å². The summed E-state index contributed by atoms with van der Waals surface area (Å²) in [6.45, 7) is 6.34. The maximum absolute atomic E-state index is 5.01. The summed E-state index contributed by atoms with van der Waals surface area (Å²) >= 11 is 11.2. The van der Waals surface area contributed by atoms with Gasteiger partial charge in [-0.05, 0) is 73.1 Å². The van der Waals surface area contributed by atoms with Gasteiger partial charge in [0.15, 0.2) is 0 Å². The summed E-state index contributed by atoms with van der Waals surface area (Å²) < 4.78 is 5.69. The van der Waals surface area contributed by atoms with Crippen LogP contribution < -0.4 is 10.2 Å². The fourth-order valence-corrected chi connectivity index (χ4v) is 5.30. The molecular formula is C15H17Br3N4. The van der Waals surface area contributed by atoms with Gasteiger partial charge in [0.05, 0.1) is 9.99 Å². The first-order chi connectivity index (χ1) is 10.6. The predicted octanol–water partition coefficient (Wildman–Crippen LogP) is 4.07. The van der Waals surface area contributed by atoms with Crippen LogP contribution >= 0.6 is 47.8 Å². The molecule has 1 saturated heterocycles. The minimum atomic E-state index is 0.506. The van der Waals surface area contributed by atoms with Crippen molar-refractivity contribution < 1.29 is 0 Å². The number of piperazine rings is 1. The molecule has 0 spiro atoms. The van der Waals surface area contributed by atoms with Crippen LogP contribution in [0.3, 0.4) is 0 Å². The average molecular weight is 493 g/mol. The van der Waals surface area contributed by atoms with Crippen LogP contribution in [0.25, 0.3) is 11.0 Å². The predicted molar refractivity (Wildman–Crippen MR) is 101 cm³/mol. The molecule has 0 amide bonds. The molecule has 2 aliphatic rings. The van der Waals surface area contributed by atoms with E-state index >= 15 is 0 Å². The Morgan fingerprint density at radius 2 is 1.95 bits per heavy atom. The van der Waals surface area contributed by atoms with E-state index in [0.29, 0.717) is 6.04 Å². The summed E-state index contributed by atoms with van der Waals surface area (Å²) in [6.07, 6.45) is 2.27. The van der Waals surface area contributed by atoms with E-state index in [2.05, 4.69) is 69.5 Å². The normalized spacial score (nSPS) is 21.6. The van der Waals surface area contributed by atoms with Crippen molar-refractivity contribution in [3.8, 4) is 0 Å². The number of nitrogens with zero attached hydrogens (tertiary/aromatic N) is 3. The van der Waals surface area contributed by atoms with E-state index in [4.69, 9.17) is 4.98 Å². The number of benzene rings is 1. The second-order valence-corrected chi connectivity index (χ2v) is 8.46. The van der Waals surface area contributed by atoms with Crippen molar-refractivity contribution >= 4 is 64.8 Å². The number of halogens is 3. The average Bonchev–Trinajstić information content (AvgIpc) is 2.91. The van der Waals surface area contributed by atoms with Crippen molar-refractivity contribution in [2.45, 2.75) is 32.4 Å². The van der Waals surface area contributed by atoms with Gasteiger partial charge >= 0.3 is 0 Å². The van der Waals surface area contributed by atoms with Crippen molar-refractivity contribution in [3.05, 3.63) is 19.0 Å². The van der Waals surface area contributed by atoms with Gasteiger partial charge < -0.3 is 14.8 Å². The number of aromatic nitrogens is 2. The molecule has 118 valence electrons. The van der Waals surface area contributed by atoms with Gasteiger partial charge in [0, 0.05) is 41.2 Å². The summed E-state index contributed by atoms with van der Waals surface area (Å²) in [6, 6.07) is 0.506. The molecule has 2 aromatic rings. The fraction of sp³-hybridized carbons (Fsp3) is 0.533. The van der Waals surface area contributed by atoms with E-state index in [0.717, 1.165) is 57.5 Å². The summed E-state index contributed by atoms with van der Waals surface area (Å²) in [5.41, 5.74) is 3.73. The highest BCUT2D eigenvalue weighted by Crippen LogP contribution is 2.44. The highest BCUT2D eigenvalue weighted by Gasteiger charge is 2.28. The fourth-order valence-electron chi connectivity index (χ4n) is 3.55. The second-order valence-electron chi connectivity index (χ2n) is 6.09. The van der Waals surface area contributed by atoms with Gasteiger partial charge in [0.1, 0.15) is 5.52 Å². The molecule has 0 radical (unpaired) electrons. The minimum Gasteiger partial charge on any atom is -0.339 e. The van der Waals surface area contributed by atoms with Crippen LogP contribution in [0.2, 0.25) is 0 Å². The lowest BCUT2D eigenvalue weighted by molar-refractivity contribution is 0.472. The first-order valence-corrected chi connectivity index (χ1v) is 9.99. The van der Waals surface area contributed by atoms with Gasteiger partial charge in [-0.2, -0.15) is 0 Å². The molecule has 4 rings (SSSR count). The lowest BCUT2D eigenvalue weighted by atomic mass is 10.0. The zero-order valence-electron chi connectivity index (χ0n) is 12.3. The molecule has 1 aromatic carbocycles. The van der Waals surface area contributed by atoms with E-state index < -0.39 is 0 Å². The number of hydrogen-bond acceptors (Lipinski definition) is 3. The molecule has 2 aliphatic heterocycles. The number of hydrogen-bond donors (Lipinski definition) is 1. The monoisotopic (exact) mass is 490 g/mol. The van der Waals surface area contributed by atoms with Gasteiger partial charge in [-0.3, -0.25) is 0 Å². The quantitative estimate of drug-likeness (QED) is 0.609. The standard InChI is InChI=1S/C15H17Br3N4/c1-8-7-21(6-4-19-8)15-20-13-12(18)11(17)10(16)9-3-2-5-22(15)14(9)13/h8,19H,2-7H2,1H3/t8-/m1/s1. The maximum Gasteiger partial charge on any atom is 0.206 e. The number of aryl methyl sites for hydroxylation is 2. The third-order valence-electron chi connectivity index (χ3n) is 4.55. The second kappa shape index (κ2) is 5.76. The molecule has 1 atom stereocenters. The highest BCUT2D eigenvalue weighted by atomic mass is 79.9. The summed E-state index contributed by atoms with van der Waals surface area (Å²) in [5.74, 6) is 1.12. The van der Waals surface area contributed by atoms with E-state index in [1.165, 1.54) is 17.5 Å². The van der Waals surface area contributed by atoms with Crippen LogP contribution in [-0.2, 0) is 13.0 Å². The molecule has 0 aliphatic carbocycles. The molecule has 3 heterocycles. The third-order valence-corrected chi connectivity index (χ3v) is 8.06. The topological polar surface area (TPSA) is 33.1 Å². The van der Waals surface area contributed by atoms with Crippen LogP contribution in [0.5, 0.6) is 0 Å². The van der Waals surface area contributed by atoms with Crippen LogP contribution in [0, 0.1) is 0 Å². The Balaban J connectivity index is 1.95. The van der Waals surface area contributed by atoms with Crippen molar-refractivity contribution in [3.63, 3.8) is 0 Å². The lowest BCUT2D eigenvalue weighted by Gasteiger charge is -2.33. The number of anilines is 1. The van der Waals surface area contributed by atoms with Crippen molar-refractivity contribution in [2.24, 2.45) is 0 Å². The first kappa shape index (κ1) is 15.4. The molecule has 0 bridgehead atoms. The first-order valence-electron chi connectivity index (χ1n) is 7.62. The molecule has 22 heavy (non-hydrogen) atoms. The Bertz CT molecular complexity index is 755. The summed E-state index contributed by atoms with van der Waals surface area (Å²) in [5, 5.41) is 3.50. The maximum atomic E-state index is 5.01. The molecule has 0 saturated carbocycles. The van der Waals surface area contributed by atoms with Gasteiger partial charge in [0.25, 0.3) is 0 Å². The van der Waals surface area contributed by atoms with Crippen LogP contribution in [0.1, 0.15) is 18.9 Å². The number of rotatable bonds is 1. The van der Waals surface area contributed by atoms with E-state index in [9.17, 15) is 0 Å². The molecule has 1 N–H and O–H groups in total. The Morgan fingerprint density at radius 1 is 1.14 bits per heavy atom. The van der Waals surface area contributed by atoms with Crippen molar-refractivity contribution in [1.82, 2.24) is 14.9 Å². The smallest absolute Gasteiger partial charge is 0.206 e. The third kappa shape index (κ3) is 2.27. The van der Waals surface area contributed by atoms with E-state index in [-0.39, 0.29) is 0 Å². The van der Waals surface area contributed by atoms with Crippen LogP contribution in [-0.4, -0.2) is 35.2 Å². The summed E-state index contributed by atoms with van der Waals surface area (Å²) in [4.78, 5) is 7.43. The number of nitrogens with one attached hydrogen (secondary N) is 1. The largest absolute Gasteiger partial charge is 0.339 e. The zero-order chi connectivity index (χ0) is 15.4. The zero-order valence-corrected chi connectivity index (χ0v) is 17.1. The molecule has 0 unspecified atom stereocenters. The van der Waals surface area contributed by atoms with E-state index in [1.54, 1.807) is 0 Å². The highest BCUT2D eigenvalue weighted by molar-refractivity contribution is 9.14. The number of imidazole rings is 1. The molecule has 1 fully saturated rings. The Hall–Kier alpha value is -0.110. The van der Waals surface area contributed by atoms with Crippen molar-refractivity contribution in [2.75, 3.05) is 24.5 Å². The molecule has 4 nitrogen and oxygen atoms in total. The minimum absolute atomic E-state index is 0.506. The summed E-state index contributed by atoms with van der Waals surface area (Å²) in [7, 11) is 0. The SMILES string of the molecule is C[C@@H]1CN(c2nc3c(Br)c(Br)c(Br)c4c3n2CCC4)CCN1. The Kier molecular flexibility index (Phi) is 4.03. The lowest BCUT2D eigenvalue weighted by Crippen LogP contribution is -2.50. The molecule has 7 heteroatoms.